The van der Waals surface area contributed by atoms with Crippen molar-refractivity contribution in [3.63, 3.8) is 0 Å². The molecule has 260 valence electrons. The number of rotatable bonds is 13. The summed E-state index contributed by atoms with van der Waals surface area (Å²) in [6.07, 6.45) is 1.41. The molecule has 0 fully saturated rings. The van der Waals surface area contributed by atoms with Crippen molar-refractivity contribution in [3.05, 3.63) is 185 Å². The van der Waals surface area contributed by atoms with Crippen molar-refractivity contribution in [3.8, 4) is 11.1 Å². The van der Waals surface area contributed by atoms with Gasteiger partial charge < -0.3 is 14.8 Å². The smallest absolute Gasteiger partial charge is 0.354 e. The fraction of sp³-hybridized carbons (Fsp3) is 0.209. The number of aliphatic hydroxyl groups is 1. The molecule has 7 rings (SSSR count). The number of carboxylic acid groups (broad SMARTS) is 1. The van der Waals surface area contributed by atoms with Gasteiger partial charge in [-0.25, -0.2) is 9.78 Å². The number of aliphatic hydroxyl groups excluding tert-OH is 1. The van der Waals surface area contributed by atoms with Crippen LogP contribution >= 0.6 is 0 Å². The van der Waals surface area contributed by atoms with Crippen molar-refractivity contribution in [2.24, 2.45) is 20.7 Å². The van der Waals surface area contributed by atoms with E-state index in [1.165, 1.54) is 0 Å². The fourth-order valence-electron chi connectivity index (χ4n) is 7.56. The van der Waals surface area contributed by atoms with Crippen molar-refractivity contribution in [1.82, 2.24) is 9.55 Å². The molecule has 0 saturated heterocycles. The largest absolute Gasteiger partial charge is 0.477 e. The van der Waals surface area contributed by atoms with Crippen LogP contribution in [0.15, 0.2) is 160 Å². The van der Waals surface area contributed by atoms with Crippen molar-refractivity contribution >= 4 is 5.97 Å². The van der Waals surface area contributed by atoms with Gasteiger partial charge in [0.05, 0.1) is 11.5 Å². The summed E-state index contributed by atoms with van der Waals surface area (Å²) in [5.74, 6) is -0.455. The van der Waals surface area contributed by atoms with Gasteiger partial charge in [-0.15, -0.1) is 10.2 Å². The molecule has 5 aromatic carbocycles. The molecule has 1 aliphatic rings. The summed E-state index contributed by atoms with van der Waals surface area (Å²) < 4.78 is 1.73. The number of imidazole rings is 1. The molecule has 0 aliphatic carbocycles. The van der Waals surface area contributed by atoms with Crippen LogP contribution in [0.1, 0.15) is 82.6 Å². The summed E-state index contributed by atoms with van der Waals surface area (Å²) in [4.78, 5) is 17.0. The molecule has 0 radical (unpaired) electrons. The highest BCUT2D eigenvalue weighted by atomic mass is 16.4. The lowest BCUT2D eigenvalue weighted by atomic mass is 9.59. The Balaban J connectivity index is 1.38. The molecule has 1 aromatic heterocycles. The number of carboxylic acids is 1. The zero-order valence-electron chi connectivity index (χ0n) is 29.2. The van der Waals surface area contributed by atoms with E-state index in [-0.39, 0.29) is 11.4 Å². The van der Waals surface area contributed by atoms with E-state index in [9.17, 15) is 15.0 Å². The first-order valence-electron chi connectivity index (χ1n) is 17.6. The first-order valence-corrected chi connectivity index (χ1v) is 17.6. The summed E-state index contributed by atoms with van der Waals surface area (Å²) >= 11 is 0. The predicted molar refractivity (Wildman–Crippen MR) is 200 cm³/mol. The molecule has 9 nitrogen and oxygen atoms in total. The molecule has 0 bridgehead atoms. The van der Waals surface area contributed by atoms with Crippen LogP contribution < -0.4 is 0 Å². The second kappa shape index (κ2) is 14.7. The molecule has 0 saturated carbocycles. The second-order valence-electron chi connectivity index (χ2n) is 13.1. The third kappa shape index (κ3) is 5.92. The Bertz CT molecular complexity index is 2100. The lowest BCUT2D eigenvalue weighted by Crippen LogP contribution is -2.48. The van der Waals surface area contributed by atoms with Crippen molar-refractivity contribution in [1.29, 1.82) is 0 Å². The molecular weight excluding hydrogens is 649 g/mol. The maximum Gasteiger partial charge on any atom is 0.354 e. The Hall–Kier alpha value is -6.06. The van der Waals surface area contributed by atoms with Crippen molar-refractivity contribution in [2.45, 2.75) is 56.8 Å². The van der Waals surface area contributed by atoms with Gasteiger partial charge in [-0.2, -0.15) is 0 Å². The summed E-state index contributed by atoms with van der Waals surface area (Å²) in [6, 6.07) is 47.1. The normalized spacial score (nSPS) is 14.1. The van der Waals surface area contributed by atoms with Crippen LogP contribution in [0.5, 0.6) is 0 Å². The van der Waals surface area contributed by atoms with Gasteiger partial charge >= 0.3 is 5.97 Å². The second-order valence-corrected chi connectivity index (χ2v) is 13.1. The highest BCUT2D eigenvalue weighted by Gasteiger charge is 2.60. The quantitative estimate of drug-likeness (QED) is 0.117. The Morgan fingerprint density at radius 3 is 1.77 bits per heavy atom. The van der Waals surface area contributed by atoms with Crippen LogP contribution in [0.25, 0.3) is 11.1 Å². The van der Waals surface area contributed by atoms with Gasteiger partial charge in [0.1, 0.15) is 11.5 Å². The van der Waals surface area contributed by atoms with Gasteiger partial charge in [-0.3, -0.25) is 0 Å². The molecule has 6 aromatic rings. The number of unbranched alkanes of at least 4 members (excludes halogenated alkanes) is 1. The van der Waals surface area contributed by atoms with Gasteiger partial charge in [0.15, 0.2) is 5.69 Å². The minimum absolute atomic E-state index is 0.0218. The van der Waals surface area contributed by atoms with Crippen LogP contribution in [-0.4, -0.2) is 25.7 Å². The number of aryl methyl sites for hydroxylation is 1. The molecule has 2 N–H and O–H groups in total. The first kappa shape index (κ1) is 34.4. The maximum absolute atomic E-state index is 12.4. The summed E-state index contributed by atoms with van der Waals surface area (Å²) in [6.45, 7) is 3.93. The van der Waals surface area contributed by atoms with Crippen LogP contribution in [-0.2, 0) is 24.0 Å². The molecule has 2 heterocycles. The minimum Gasteiger partial charge on any atom is -0.477 e. The maximum atomic E-state index is 12.4. The van der Waals surface area contributed by atoms with Crippen LogP contribution in [0, 0.1) is 0 Å². The number of nitrogens with zero attached hydrogens (tertiary/aromatic N) is 6. The molecule has 0 spiro atoms. The van der Waals surface area contributed by atoms with E-state index >= 15 is 0 Å². The summed E-state index contributed by atoms with van der Waals surface area (Å²) in [5.41, 5.74) is 4.45. The summed E-state index contributed by atoms with van der Waals surface area (Å²) in [5, 5.41) is 39.0. The fourth-order valence-corrected chi connectivity index (χ4v) is 7.56. The van der Waals surface area contributed by atoms with E-state index in [0.717, 1.165) is 51.8 Å². The monoisotopic (exact) mass is 688 g/mol. The van der Waals surface area contributed by atoms with Gasteiger partial charge in [0, 0.05) is 18.5 Å². The van der Waals surface area contributed by atoms with Crippen LogP contribution in [0.4, 0.5) is 0 Å². The number of benzene rings is 5. The van der Waals surface area contributed by atoms with Crippen LogP contribution in [0.2, 0.25) is 0 Å². The first-order chi connectivity index (χ1) is 25.4. The lowest BCUT2D eigenvalue weighted by Gasteiger charge is -2.45. The number of hydrogen-bond acceptors (Lipinski definition) is 7. The Morgan fingerprint density at radius 2 is 1.27 bits per heavy atom. The SMILES string of the molecule is CCCCc1nc(C(C)O)c(C(=O)O)n1Cc1ccc(-c2ccccc2C2(C(c3ccccc3)(c3ccccc3)c3ccccc3)N=NN=N2)cc1. The molecule has 1 unspecified atom stereocenters. The van der Waals surface area contributed by atoms with E-state index in [4.69, 9.17) is 10.2 Å². The Labute approximate surface area is 303 Å². The Morgan fingerprint density at radius 1 is 0.750 bits per heavy atom. The van der Waals surface area contributed by atoms with Gasteiger partial charge in [0.2, 0.25) is 5.66 Å². The number of carbonyl (C=O) groups is 1. The van der Waals surface area contributed by atoms with Gasteiger partial charge in [0.25, 0.3) is 0 Å². The lowest BCUT2D eigenvalue weighted by molar-refractivity contribution is 0.0677. The number of hydrogen-bond donors (Lipinski definition) is 2. The third-order valence-electron chi connectivity index (χ3n) is 9.90. The molecule has 9 heteroatoms. The van der Waals surface area contributed by atoms with E-state index < -0.39 is 23.2 Å². The average molecular weight is 689 g/mol. The third-order valence-corrected chi connectivity index (χ3v) is 9.90. The standard InChI is InChI=1S/C43H40N6O3/c1-3-4-24-38-44-39(30(2)50)40(41(51)52)49(38)29-31-25-27-32(28-26-31)36-22-14-15-23-37(36)43(45-47-48-46-43)42(33-16-8-5-9-17-33,34-18-10-6-11-19-34)35-20-12-7-13-21-35/h5-23,25-28,30,50H,3-4,24,29H2,1-2H3,(H,51,52). The topological polar surface area (TPSA) is 125 Å². The molecular formula is C43H40N6O3. The molecule has 0 amide bonds. The number of aromatic nitrogens is 2. The zero-order valence-corrected chi connectivity index (χ0v) is 29.2. The number of aromatic carboxylic acids is 1. The minimum atomic E-state index is -1.33. The van der Waals surface area contributed by atoms with Crippen molar-refractivity contribution in [2.75, 3.05) is 0 Å². The summed E-state index contributed by atoms with van der Waals surface area (Å²) in [7, 11) is 0. The molecule has 1 atom stereocenters. The predicted octanol–water partition coefficient (Wildman–Crippen LogP) is 9.71. The zero-order chi connectivity index (χ0) is 36.1. The van der Waals surface area contributed by atoms with Crippen molar-refractivity contribution < 1.29 is 15.0 Å². The average Bonchev–Trinajstić information content (AvgIpc) is 3.83. The van der Waals surface area contributed by atoms with Gasteiger partial charge in [-0.1, -0.05) is 153 Å². The van der Waals surface area contributed by atoms with Gasteiger partial charge in [-0.05, 0) is 57.2 Å². The highest BCUT2D eigenvalue weighted by Crippen LogP contribution is 2.58. The van der Waals surface area contributed by atoms with Crippen LogP contribution in [0.3, 0.4) is 0 Å². The Kier molecular flexibility index (Phi) is 9.69. The van der Waals surface area contributed by atoms with E-state index in [1.807, 2.05) is 91.0 Å². The highest BCUT2D eigenvalue weighted by molar-refractivity contribution is 5.87. The van der Waals surface area contributed by atoms with E-state index in [1.54, 1.807) is 11.5 Å². The molecule has 1 aliphatic heterocycles. The van der Waals surface area contributed by atoms with E-state index in [0.29, 0.717) is 18.8 Å². The molecule has 52 heavy (non-hydrogen) atoms. The van der Waals surface area contributed by atoms with E-state index in [2.05, 4.69) is 70.9 Å².